The number of carbonyl (C=O) groups is 2. The average Bonchev–Trinajstić information content (AvgIpc) is 2.37. The van der Waals surface area contributed by atoms with Crippen molar-refractivity contribution in [3.05, 3.63) is 18.2 Å². The van der Waals surface area contributed by atoms with Crippen molar-refractivity contribution >= 4 is 27.5 Å². The van der Waals surface area contributed by atoms with Crippen LogP contribution in [0.15, 0.2) is 23.1 Å². The van der Waals surface area contributed by atoms with Gasteiger partial charge in [0.25, 0.3) is 0 Å². The van der Waals surface area contributed by atoms with Crippen LogP contribution in [0.5, 0.6) is 5.75 Å². The van der Waals surface area contributed by atoms with Crippen molar-refractivity contribution in [2.24, 2.45) is 0 Å². The minimum atomic E-state index is -4.11. The third-order valence-corrected chi connectivity index (χ3v) is 5.32. The molecule has 0 spiro atoms. The Labute approximate surface area is 121 Å². The zero-order chi connectivity index (χ0) is 16.0. The molecule has 1 aromatic rings. The van der Waals surface area contributed by atoms with Gasteiger partial charge >= 0.3 is 0 Å². The van der Waals surface area contributed by atoms with E-state index in [1.54, 1.807) is 0 Å². The molecule has 0 aromatic heterocycles. The summed E-state index contributed by atoms with van der Waals surface area (Å²) in [5, 5.41) is 11.4. The summed E-state index contributed by atoms with van der Waals surface area (Å²) in [6, 6.07) is 3.38. The average molecular weight is 313 g/mol. The van der Waals surface area contributed by atoms with E-state index in [0.29, 0.717) is 0 Å². The fourth-order valence-electron chi connectivity index (χ4n) is 1.97. The number of phenolic OH excluding ortho intramolecular Hbond substituents is 1. The van der Waals surface area contributed by atoms with Crippen LogP contribution in [0.1, 0.15) is 13.8 Å². The highest BCUT2D eigenvalue weighted by molar-refractivity contribution is 7.89. The van der Waals surface area contributed by atoms with Crippen LogP contribution in [0.25, 0.3) is 0 Å². The van der Waals surface area contributed by atoms with Gasteiger partial charge in [-0.05, 0) is 32.0 Å². The van der Waals surface area contributed by atoms with E-state index in [1.165, 1.54) is 13.8 Å². The van der Waals surface area contributed by atoms with E-state index < -0.39 is 33.9 Å². The van der Waals surface area contributed by atoms with Gasteiger partial charge in [-0.2, -0.15) is 4.31 Å². The molecule has 0 radical (unpaired) electrons. The highest BCUT2D eigenvalue weighted by Gasteiger charge is 2.47. The van der Waals surface area contributed by atoms with Crippen LogP contribution in [-0.2, 0) is 19.6 Å². The van der Waals surface area contributed by atoms with Crippen molar-refractivity contribution in [3.8, 4) is 5.75 Å². The van der Waals surface area contributed by atoms with Crippen molar-refractivity contribution in [2.45, 2.75) is 24.3 Å². The minimum Gasteiger partial charge on any atom is -0.506 e. The van der Waals surface area contributed by atoms with Crippen LogP contribution in [0.3, 0.4) is 0 Å². The highest BCUT2D eigenvalue weighted by atomic mass is 32.2. The number of hydrogen-bond acceptors (Lipinski definition) is 6. The lowest BCUT2D eigenvalue weighted by atomic mass is 10.0. The van der Waals surface area contributed by atoms with E-state index in [4.69, 9.17) is 5.73 Å². The summed E-state index contributed by atoms with van der Waals surface area (Å²) in [6.07, 6.45) is 0. The Balaban J connectivity index is 2.53. The van der Waals surface area contributed by atoms with E-state index in [-0.39, 0.29) is 16.3 Å². The number of benzene rings is 1. The first-order valence-electron chi connectivity index (χ1n) is 6.02. The molecule has 2 amide bonds. The summed E-state index contributed by atoms with van der Waals surface area (Å²) < 4.78 is 26.0. The Morgan fingerprint density at radius 1 is 1.33 bits per heavy atom. The fourth-order valence-corrected chi connectivity index (χ4v) is 3.71. The van der Waals surface area contributed by atoms with Gasteiger partial charge in [0.1, 0.15) is 11.3 Å². The minimum absolute atomic E-state index is 0.110. The van der Waals surface area contributed by atoms with Gasteiger partial charge in [0.15, 0.2) is 0 Å². The molecule has 4 N–H and O–H groups in total. The van der Waals surface area contributed by atoms with Crippen molar-refractivity contribution in [3.63, 3.8) is 0 Å². The van der Waals surface area contributed by atoms with Crippen LogP contribution >= 0.6 is 0 Å². The lowest BCUT2D eigenvalue weighted by Gasteiger charge is -2.38. The van der Waals surface area contributed by atoms with Crippen molar-refractivity contribution in [2.75, 3.05) is 12.3 Å². The number of sulfonamides is 1. The standard InChI is InChI=1S/C12H15N3O5S/c1-12(2)11(18)14-10(17)6-15(12)21(19,20)7-3-4-9(16)8(13)5-7/h3-5,16H,6,13H2,1-2H3,(H,14,17,18). The smallest absolute Gasteiger partial charge is 0.247 e. The number of nitrogen functional groups attached to an aromatic ring is 1. The molecule has 1 heterocycles. The predicted molar refractivity (Wildman–Crippen MR) is 73.6 cm³/mol. The lowest BCUT2D eigenvalue weighted by Crippen LogP contribution is -2.65. The SMILES string of the molecule is CC1(C)C(=O)NC(=O)CN1S(=O)(=O)c1ccc(O)c(N)c1. The third-order valence-electron chi connectivity index (χ3n) is 3.31. The molecule has 1 fully saturated rings. The number of carbonyl (C=O) groups excluding carboxylic acids is 2. The molecule has 21 heavy (non-hydrogen) atoms. The number of anilines is 1. The fraction of sp³-hybridized carbons (Fsp3) is 0.333. The Morgan fingerprint density at radius 2 is 1.95 bits per heavy atom. The molecule has 0 bridgehead atoms. The van der Waals surface area contributed by atoms with E-state index in [0.717, 1.165) is 22.5 Å². The van der Waals surface area contributed by atoms with E-state index >= 15 is 0 Å². The monoisotopic (exact) mass is 313 g/mol. The van der Waals surface area contributed by atoms with Gasteiger partial charge in [0, 0.05) is 0 Å². The normalized spacial score (nSPS) is 19.3. The first kappa shape index (κ1) is 15.3. The second-order valence-corrected chi connectivity index (χ2v) is 7.03. The van der Waals surface area contributed by atoms with Crippen molar-refractivity contribution in [1.82, 2.24) is 9.62 Å². The number of nitrogens with zero attached hydrogens (tertiary/aromatic N) is 1. The first-order chi connectivity index (χ1) is 9.56. The topological polar surface area (TPSA) is 130 Å². The van der Waals surface area contributed by atoms with Gasteiger partial charge in [-0.15, -0.1) is 0 Å². The lowest BCUT2D eigenvalue weighted by molar-refractivity contribution is -0.141. The molecule has 0 saturated carbocycles. The summed E-state index contributed by atoms with van der Waals surface area (Å²) in [6.45, 7) is 2.33. The molecule has 0 atom stereocenters. The molecule has 0 unspecified atom stereocenters. The quantitative estimate of drug-likeness (QED) is 0.380. The molecule has 8 nitrogen and oxygen atoms in total. The van der Waals surface area contributed by atoms with Crippen LogP contribution in [-0.4, -0.2) is 41.7 Å². The summed E-state index contributed by atoms with van der Waals surface area (Å²) >= 11 is 0. The number of amides is 2. The summed E-state index contributed by atoms with van der Waals surface area (Å²) in [4.78, 5) is 23.1. The number of nitrogens with two attached hydrogens (primary N) is 1. The zero-order valence-corrected chi connectivity index (χ0v) is 12.3. The number of nitrogens with one attached hydrogen (secondary N) is 1. The molecule has 1 aliphatic heterocycles. The first-order valence-corrected chi connectivity index (χ1v) is 7.46. The number of hydrogen-bond donors (Lipinski definition) is 3. The number of piperazine rings is 1. The molecule has 1 aliphatic rings. The van der Waals surface area contributed by atoms with Gasteiger partial charge in [0.2, 0.25) is 21.8 Å². The number of rotatable bonds is 2. The summed E-state index contributed by atoms with van der Waals surface area (Å²) in [5.74, 6) is -1.65. The zero-order valence-electron chi connectivity index (χ0n) is 11.5. The van der Waals surface area contributed by atoms with Crippen molar-refractivity contribution in [1.29, 1.82) is 0 Å². The van der Waals surface area contributed by atoms with Gasteiger partial charge in [-0.3, -0.25) is 14.9 Å². The van der Waals surface area contributed by atoms with Crippen molar-refractivity contribution < 1.29 is 23.1 Å². The Hall–Kier alpha value is -2.13. The number of imide groups is 1. The summed E-state index contributed by atoms with van der Waals surface area (Å²) in [7, 11) is -4.11. The van der Waals surface area contributed by atoms with Crippen LogP contribution in [0, 0.1) is 0 Å². The third kappa shape index (κ3) is 2.45. The molecular formula is C12H15N3O5S. The van der Waals surface area contributed by atoms with Gasteiger partial charge in [-0.1, -0.05) is 0 Å². The Kier molecular flexibility index (Phi) is 3.42. The van der Waals surface area contributed by atoms with Gasteiger partial charge < -0.3 is 10.8 Å². The molecule has 2 rings (SSSR count). The van der Waals surface area contributed by atoms with Crippen LogP contribution in [0.4, 0.5) is 5.69 Å². The molecule has 1 aromatic carbocycles. The second kappa shape index (κ2) is 4.71. The van der Waals surface area contributed by atoms with E-state index in [9.17, 15) is 23.1 Å². The Morgan fingerprint density at radius 3 is 2.52 bits per heavy atom. The van der Waals surface area contributed by atoms with Gasteiger partial charge in [-0.25, -0.2) is 8.42 Å². The molecule has 114 valence electrons. The highest BCUT2D eigenvalue weighted by Crippen LogP contribution is 2.30. The van der Waals surface area contributed by atoms with Crippen LogP contribution in [0.2, 0.25) is 0 Å². The van der Waals surface area contributed by atoms with Crippen LogP contribution < -0.4 is 11.1 Å². The maximum absolute atomic E-state index is 12.6. The maximum atomic E-state index is 12.6. The molecule has 0 aliphatic carbocycles. The Bertz CT molecular complexity index is 726. The van der Waals surface area contributed by atoms with E-state index in [1.807, 2.05) is 0 Å². The molecule has 9 heteroatoms. The van der Waals surface area contributed by atoms with Gasteiger partial charge in [0.05, 0.1) is 17.1 Å². The summed E-state index contributed by atoms with van der Waals surface area (Å²) in [5.41, 5.74) is 3.96. The maximum Gasteiger partial charge on any atom is 0.247 e. The number of phenols is 1. The molecule has 1 saturated heterocycles. The predicted octanol–water partition coefficient (Wildman–Crippen LogP) is -0.600. The largest absolute Gasteiger partial charge is 0.506 e. The molecular weight excluding hydrogens is 298 g/mol. The van der Waals surface area contributed by atoms with E-state index in [2.05, 4.69) is 5.32 Å². The second-order valence-electron chi connectivity index (χ2n) is 5.17. The number of aromatic hydroxyl groups is 1.